The molecule has 1 N–H and O–H groups in total. The molecule has 2 heterocycles. The lowest BCUT2D eigenvalue weighted by molar-refractivity contribution is 0.0891. The van der Waals surface area contributed by atoms with Gasteiger partial charge in [0.2, 0.25) is 0 Å². The van der Waals surface area contributed by atoms with Gasteiger partial charge in [-0.15, -0.1) is 0 Å². The molecule has 1 amide bonds. The Balaban J connectivity index is 1.38. The number of nitrogens with zero attached hydrogens (tertiary/aromatic N) is 2. The Morgan fingerprint density at radius 1 is 1.12 bits per heavy atom. The second kappa shape index (κ2) is 11.0. The molecule has 1 aliphatic heterocycles. The molecule has 172 valence electrons. The highest BCUT2D eigenvalue weighted by Crippen LogP contribution is 2.35. The first-order valence-corrected chi connectivity index (χ1v) is 11.4. The van der Waals surface area contributed by atoms with Crippen molar-refractivity contribution in [2.24, 2.45) is 5.92 Å². The quantitative estimate of drug-likeness (QED) is 0.554. The fourth-order valence-corrected chi connectivity index (χ4v) is 4.50. The number of nitrogens with one attached hydrogen (secondary N) is 1. The molecule has 0 saturated carbocycles. The molecule has 0 bridgehead atoms. The normalized spacial score (nSPS) is 18.5. The van der Waals surface area contributed by atoms with E-state index in [-0.39, 0.29) is 11.9 Å². The van der Waals surface area contributed by atoms with Crippen molar-refractivity contribution in [2.45, 2.75) is 25.5 Å². The lowest BCUT2D eigenvalue weighted by Crippen LogP contribution is -2.41. The van der Waals surface area contributed by atoms with Gasteiger partial charge in [-0.05, 0) is 74.3 Å². The van der Waals surface area contributed by atoms with Crippen LogP contribution in [-0.2, 0) is 6.61 Å². The van der Waals surface area contributed by atoms with Crippen LogP contribution in [0.2, 0.25) is 0 Å². The summed E-state index contributed by atoms with van der Waals surface area (Å²) in [4.78, 5) is 19.4. The number of likely N-dealkylation sites (tertiary alicyclic amines) is 1. The zero-order valence-electron chi connectivity index (χ0n) is 19.2. The van der Waals surface area contributed by atoms with Crippen molar-refractivity contribution in [1.82, 2.24) is 15.2 Å². The number of carbonyl (C=O) groups is 1. The van der Waals surface area contributed by atoms with E-state index >= 15 is 0 Å². The van der Waals surface area contributed by atoms with Crippen molar-refractivity contribution >= 4 is 5.91 Å². The zero-order valence-corrected chi connectivity index (χ0v) is 19.2. The van der Waals surface area contributed by atoms with Crippen LogP contribution in [0.15, 0.2) is 73.1 Å². The number of aromatic nitrogens is 1. The van der Waals surface area contributed by atoms with Crippen LogP contribution < -0.4 is 14.8 Å². The molecule has 6 nitrogen and oxygen atoms in total. The molecule has 0 radical (unpaired) electrons. The van der Waals surface area contributed by atoms with Gasteiger partial charge in [-0.25, -0.2) is 0 Å². The van der Waals surface area contributed by atoms with Gasteiger partial charge in [0.1, 0.15) is 18.1 Å². The molecule has 1 fully saturated rings. The van der Waals surface area contributed by atoms with E-state index in [2.05, 4.69) is 34.4 Å². The van der Waals surface area contributed by atoms with E-state index in [0.717, 1.165) is 30.7 Å². The summed E-state index contributed by atoms with van der Waals surface area (Å²) in [6.45, 7) is 2.09. The smallest absolute Gasteiger partial charge is 0.251 e. The highest BCUT2D eigenvalue weighted by molar-refractivity contribution is 5.94. The summed E-state index contributed by atoms with van der Waals surface area (Å²) < 4.78 is 11.2. The molecule has 3 aromatic rings. The fourth-order valence-electron chi connectivity index (χ4n) is 4.50. The Morgan fingerprint density at radius 3 is 2.73 bits per heavy atom. The van der Waals surface area contributed by atoms with Gasteiger partial charge in [-0.3, -0.25) is 14.7 Å². The van der Waals surface area contributed by atoms with Gasteiger partial charge in [-0.1, -0.05) is 24.3 Å². The number of pyridine rings is 1. The van der Waals surface area contributed by atoms with Crippen LogP contribution >= 0.6 is 0 Å². The number of carbonyl (C=O) groups excluding carboxylic acids is 1. The van der Waals surface area contributed by atoms with Gasteiger partial charge in [0.25, 0.3) is 5.91 Å². The predicted octanol–water partition coefficient (Wildman–Crippen LogP) is 4.48. The Hall–Kier alpha value is -3.38. The Bertz CT molecular complexity index is 1040. The topological polar surface area (TPSA) is 63.7 Å². The van der Waals surface area contributed by atoms with E-state index in [1.807, 2.05) is 42.5 Å². The molecular formula is C27H31N3O3. The van der Waals surface area contributed by atoms with Crippen molar-refractivity contribution in [3.8, 4) is 11.5 Å². The number of benzene rings is 2. The van der Waals surface area contributed by atoms with Gasteiger partial charge in [0.15, 0.2) is 0 Å². The van der Waals surface area contributed by atoms with Crippen LogP contribution in [0.5, 0.6) is 11.5 Å². The maximum Gasteiger partial charge on any atom is 0.251 e. The van der Waals surface area contributed by atoms with E-state index < -0.39 is 0 Å². The molecule has 1 saturated heterocycles. The Morgan fingerprint density at radius 2 is 1.97 bits per heavy atom. The molecule has 1 aromatic heterocycles. The Labute approximate surface area is 195 Å². The largest absolute Gasteiger partial charge is 0.497 e. The maximum atomic E-state index is 12.9. The third-order valence-electron chi connectivity index (χ3n) is 6.21. The maximum absolute atomic E-state index is 12.9. The minimum absolute atomic E-state index is 0.0801. The summed E-state index contributed by atoms with van der Waals surface area (Å²) in [5.41, 5.74) is 2.84. The molecule has 2 atom stereocenters. The van der Waals surface area contributed by atoms with Crippen LogP contribution in [0.25, 0.3) is 0 Å². The van der Waals surface area contributed by atoms with Crippen molar-refractivity contribution in [1.29, 1.82) is 0 Å². The molecule has 0 aliphatic carbocycles. The highest BCUT2D eigenvalue weighted by atomic mass is 16.5. The summed E-state index contributed by atoms with van der Waals surface area (Å²) in [6, 6.07) is 19.7. The summed E-state index contributed by atoms with van der Waals surface area (Å²) in [5.74, 6) is 1.78. The molecule has 6 heteroatoms. The first-order chi connectivity index (χ1) is 16.1. The number of hydrogen-bond acceptors (Lipinski definition) is 5. The van der Waals surface area contributed by atoms with Crippen molar-refractivity contribution in [3.63, 3.8) is 0 Å². The fraction of sp³-hybridized carbons (Fsp3) is 0.333. The first kappa shape index (κ1) is 22.8. The summed E-state index contributed by atoms with van der Waals surface area (Å²) in [6.07, 6.45) is 5.71. The minimum atomic E-state index is -0.0801. The zero-order chi connectivity index (χ0) is 23.0. The van der Waals surface area contributed by atoms with Crippen LogP contribution in [0.4, 0.5) is 0 Å². The van der Waals surface area contributed by atoms with E-state index in [1.54, 1.807) is 25.6 Å². The number of rotatable bonds is 8. The number of piperidine rings is 1. The van der Waals surface area contributed by atoms with Crippen LogP contribution in [-0.4, -0.2) is 43.0 Å². The SMILES string of the molecule is COc1ccc(C2C(CNC(=O)c3cccc(OCc4cccnc4)c3)CCCN2C)cc1. The summed E-state index contributed by atoms with van der Waals surface area (Å²) in [5, 5.41) is 3.16. The number of ether oxygens (including phenoxy) is 2. The lowest BCUT2D eigenvalue weighted by atomic mass is 9.85. The van der Waals surface area contributed by atoms with Crippen LogP contribution in [0, 0.1) is 5.92 Å². The molecular weight excluding hydrogens is 414 g/mol. The third-order valence-corrected chi connectivity index (χ3v) is 6.21. The number of methoxy groups -OCH3 is 1. The second-order valence-electron chi connectivity index (χ2n) is 8.49. The summed E-state index contributed by atoms with van der Waals surface area (Å²) >= 11 is 0. The highest BCUT2D eigenvalue weighted by Gasteiger charge is 2.30. The second-order valence-corrected chi connectivity index (χ2v) is 8.49. The van der Waals surface area contributed by atoms with E-state index in [9.17, 15) is 4.79 Å². The van der Waals surface area contributed by atoms with Gasteiger partial charge in [0, 0.05) is 36.1 Å². The molecule has 4 rings (SSSR count). The van der Waals surface area contributed by atoms with Gasteiger partial charge in [-0.2, -0.15) is 0 Å². The summed E-state index contributed by atoms with van der Waals surface area (Å²) in [7, 11) is 3.84. The van der Waals surface area contributed by atoms with Gasteiger partial charge < -0.3 is 14.8 Å². The molecule has 0 spiro atoms. The van der Waals surface area contributed by atoms with Crippen LogP contribution in [0.1, 0.15) is 40.4 Å². The molecule has 1 aliphatic rings. The number of hydrogen-bond donors (Lipinski definition) is 1. The minimum Gasteiger partial charge on any atom is -0.497 e. The molecule has 2 unspecified atom stereocenters. The van der Waals surface area contributed by atoms with Crippen molar-refractivity contribution < 1.29 is 14.3 Å². The third kappa shape index (κ3) is 5.90. The van der Waals surface area contributed by atoms with E-state index in [0.29, 0.717) is 30.4 Å². The number of amides is 1. The Kier molecular flexibility index (Phi) is 7.58. The van der Waals surface area contributed by atoms with E-state index in [1.165, 1.54) is 5.56 Å². The average molecular weight is 446 g/mol. The van der Waals surface area contributed by atoms with Crippen molar-refractivity contribution in [3.05, 3.63) is 89.7 Å². The predicted molar refractivity (Wildman–Crippen MR) is 128 cm³/mol. The van der Waals surface area contributed by atoms with Gasteiger partial charge >= 0.3 is 0 Å². The lowest BCUT2D eigenvalue weighted by Gasteiger charge is -2.39. The van der Waals surface area contributed by atoms with Gasteiger partial charge in [0.05, 0.1) is 7.11 Å². The van der Waals surface area contributed by atoms with Crippen LogP contribution in [0.3, 0.4) is 0 Å². The average Bonchev–Trinajstić information content (AvgIpc) is 2.87. The van der Waals surface area contributed by atoms with E-state index in [4.69, 9.17) is 9.47 Å². The molecule has 33 heavy (non-hydrogen) atoms. The first-order valence-electron chi connectivity index (χ1n) is 11.4. The monoisotopic (exact) mass is 445 g/mol. The standard InChI is InChI=1S/C27H31N3O3/c1-30-15-5-8-23(26(30)21-10-12-24(32-2)13-11-21)18-29-27(31)22-7-3-9-25(16-22)33-19-20-6-4-14-28-17-20/h3-4,6-7,9-14,16-17,23,26H,5,8,15,18-19H2,1-2H3,(H,29,31). The van der Waals surface area contributed by atoms with Crippen molar-refractivity contribution in [2.75, 3.05) is 27.2 Å². The molecule has 2 aromatic carbocycles.